The molecular formula is C43H53FN10O3. The van der Waals surface area contributed by atoms with Crippen molar-refractivity contribution in [2.45, 2.75) is 96.9 Å². The van der Waals surface area contributed by atoms with Gasteiger partial charge in [-0.15, -0.1) is 0 Å². The van der Waals surface area contributed by atoms with E-state index in [-0.39, 0.29) is 35.3 Å². The normalized spacial score (nSPS) is 22.4. The van der Waals surface area contributed by atoms with Crippen molar-refractivity contribution in [1.82, 2.24) is 19.9 Å². The molecular weight excluding hydrogens is 724 g/mol. The van der Waals surface area contributed by atoms with E-state index in [1.807, 2.05) is 38.1 Å². The van der Waals surface area contributed by atoms with Gasteiger partial charge >= 0.3 is 0 Å². The molecule has 2 aromatic heterocycles. The fourth-order valence-electron chi connectivity index (χ4n) is 7.94. The molecule has 0 aliphatic heterocycles. The van der Waals surface area contributed by atoms with Crippen LogP contribution in [0.25, 0.3) is 0 Å². The number of aliphatic hydroxyl groups excluding tert-OH is 2. The predicted octanol–water partition coefficient (Wildman–Crippen LogP) is 6.47. The largest absolute Gasteiger partial charge is 0.493 e. The maximum Gasteiger partial charge on any atom is 0.224 e. The molecule has 14 heteroatoms. The number of anilines is 4. The number of nitrogens with one attached hydrogen (secondary N) is 4. The summed E-state index contributed by atoms with van der Waals surface area (Å²) in [6.45, 7) is 9.64. The molecule has 2 saturated carbocycles. The SMILES string of the molecule is CC1(C)C[C@H](Nc2nc(NCCc3ccc(OCC4C[C@@H](Nc5nc(NCCc6ccc(F)cc6)ncc5C#N)CC(C)(C)[C@H]4O)cc3)ncc2C#N)CC[C@@H]1O. The zero-order valence-corrected chi connectivity index (χ0v) is 33.1. The van der Waals surface area contributed by atoms with Gasteiger partial charge in [0.2, 0.25) is 11.9 Å². The number of ether oxygens (including phenoxy) is 1. The molecule has 5 atom stereocenters. The van der Waals surface area contributed by atoms with E-state index in [0.717, 1.165) is 24.0 Å². The number of benzene rings is 2. The van der Waals surface area contributed by atoms with Crippen LogP contribution < -0.4 is 26.0 Å². The summed E-state index contributed by atoms with van der Waals surface area (Å²) in [5.41, 5.74) is 2.16. The maximum absolute atomic E-state index is 13.3. The van der Waals surface area contributed by atoms with Gasteiger partial charge < -0.3 is 36.2 Å². The summed E-state index contributed by atoms with van der Waals surface area (Å²) in [4.78, 5) is 17.9. The van der Waals surface area contributed by atoms with E-state index in [1.165, 1.54) is 24.5 Å². The van der Waals surface area contributed by atoms with Crippen molar-refractivity contribution < 1.29 is 19.3 Å². The second kappa shape index (κ2) is 18.1. The number of hydrogen-bond donors (Lipinski definition) is 6. The molecule has 2 aliphatic carbocycles. The Kier molecular flexibility index (Phi) is 13.1. The lowest BCUT2D eigenvalue weighted by atomic mass is 9.68. The van der Waals surface area contributed by atoms with Gasteiger partial charge in [0.1, 0.15) is 46.5 Å². The lowest BCUT2D eigenvalue weighted by Gasteiger charge is -2.44. The molecule has 300 valence electrons. The minimum absolute atomic E-state index is 0.0682. The molecule has 2 fully saturated rings. The van der Waals surface area contributed by atoms with Crippen molar-refractivity contribution in [2.75, 3.05) is 41.0 Å². The van der Waals surface area contributed by atoms with Gasteiger partial charge in [-0.1, -0.05) is 52.0 Å². The van der Waals surface area contributed by atoms with Crippen LogP contribution in [-0.4, -0.2) is 74.1 Å². The van der Waals surface area contributed by atoms with Crippen molar-refractivity contribution in [3.05, 3.63) is 89.0 Å². The number of hydrogen-bond acceptors (Lipinski definition) is 13. The summed E-state index contributed by atoms with van der Waals surface area (Å²) >= 11 is 0. The van der Waals surface area contributed by atoms with Crippen molar-refractivity contribution in [1.29, 1.82) is 10.5 Å². The smallest absolute Gasteiger partial charge is 0.224 e. The minimum Gasteiger partial charge on any atom is -0.493 e. The summed E-state index contributed by atoms with van der Waals surface area (Å²) in [7, 11) is 0. The van der Waals surface area contributed by atoms with Gasteiger partial charge in [0, 0.05) is 31.1 Å². The number of aromatic nitrogens is 4. The summed E-state index contributed by atoms with van der Waals surface area (Å²) in [6, 6.07) is 18.6. The number of halogens is 1. The van der Waals surface area contributed by atoms with Crippen LogP contribution >= 0.6 is 0 Å². The van der Waals surface area contributed by atoms with Crippen molar-refractivity contribution in [2.24, 2.45) is 16.7 Å². The third-order valence-electron chi connectivity index (χ3n) is 11.3. The van der Waals surface area contributed by atoms with E-state index in [9.17, 15) is 25.1 Å². The van der Waals surface area contributed by atoms with Crippen molar-refractivity contribution >= 4 is 23.5 Å². The quantitative estimate of drug-likeness (QED) is 0.0770. The summed E-state index contributed by atoms with van der Waals surface area (Å²) in [5.74, 6) is 2.02. The van der Waals surface area contributed by atoms with Gasteiger partial charge in [0.25, 0.3) is 0 Å². The van der Waals surface area contributed by atoms with Gasteiger partial charge in [-0.25, -0.2) is 14.4 Å². The molecule has 1 unspecified atom stereocenters. The molecule has 0 radical (unpaired) electrons. The molecule has 2 heterocycles. The molecule has 6 N–H and O–H groups in total. The minimum atomic E-state index is -0.590. The van der Waals surface area contributed by atoms with Crippen LogP contribution in [0.15, 0.2) is 60.9 Å². The van der Waals surface area contributed by atoms with E-state index >= 15 is 0 Å². The van der Waals surface area contributed by atoms with Crippen LogP contribution in [-0.2, 0) is 12.8 Å². The standard InChI is InChI=1S/C43H53FN10O3/c1-42(2)20-33(11-14-36(42)55)51-38-30(22-45)24-49-40(53-38)48-18-16-28-7-12-35(13-8-28)57-26-29-19-34(21-43(3,4)37(29)56)52-39-31(23-46)25-50-41(54-39)47-17-15-27-5-9-32(44)10-6-27/h5-10,12-13,24-25,29,33-34,36-37,55-56H,11,14-21,26H2,1-4H3,(H2,47,50,52,54)(H2,48,49,51,53)/t29?,33-,34-,36+,37+/m1/s1. The Labute approximate surface area is 334 Å². The second-order valence-corrected chi connectivity index (χ2v) is 16.7. The number of nitrogens with zero attached hydrogens (tertiary/aromatic N) is 6. The van der Waals surface area contributed by atoms with Crippen LogP contribution in [0.5, 0.6) is 5.75 Å². The zero-order chi connectivity index (χ0) is 40.6. The molecule has 0 amide bonds. The summed E-state index contributed by atoms with van der Waals surface area (Å²) < 4.78 is 19.5. The van der Waals surface area contributed by atoms with Crippen LogP contribution in [0.3, 0.4) is 0 Å². The highest BCUT2D eigenvalue weighted by Gasteiger charge is 2.43. The molecule has 6 rings (SSSR count). The molecule has 4 aromatic rings. The first-order valence-electron chi connectivity index (χ1n) is 19.7. The van der Waals surface area contributed by atoms with E-state index in [1.54, 1.807) is 12.1 Å². The fourth-order valence-corrected chi connectivity index (χ4v) is 7.94. The number of rotatable bonds is 15. The summed E-state index contributed by atoms with van der Waals surface area (Å²) in [5, 5.41) is 54.5. The van der Waals surface area contributed by atoms with E-state index in [0.29, 0.717) is 92.2 Å². The van der Waals surface area contributed by atoms with Gasteiger partial charge in [0.05, 0.1) is 31.2 Å². The average molecular weight is 777 g/mol. The molecule has 2 aliphatic rings. The highest BCUT2D eigenvalue weighted by Crippen LogP contribution is 2.41. The van der Waals surface area contributed by atoms with Crippen LogP contribution in [0.4, 0.5) is 27.9 Å². The maximum atomic E-state index is 13.3. The molecule has 0 spiro atoms. The highest BCUT2D eigenvalue weighted by molar-refractivity contribution is 5.55. The van der Waals surface area contributed by atoms with Crippen molar-refractivity contribution in [3.63, 3.8) is 0 Å². The highest BCUT2D eigenvalue weighted by atomic mass is 19.1. The fraction of sp³-hybridized carbons (Fsp3) is 0.488. The Bertz CT molecular complexity index is 2050. The lowest BCUT2D eigenvalue weighted by molar-refractivity contribution is -0.0501. The number of aliphatic hydroxyl groups is 2. The molecule has 0 saturated heterocycles. The third-order valence-corrected chi connectivity index (χ3v) is 11.3. The monoisotopic (exact) mass is 776 g/mol. The molecule has 57 heavy (non-hydrogen) atoms. The Morgan fingerprint density at radius 1 is 0.754 bits per heavy atom. The number of nitriles is 2. The third kappa shape index (κ3) is 10.8. The van der Waals surface area contributed by atoms with Crippen LogP contribution in [0, 0.1) is 45.2 Å². The second-order valence-electron chi connectivity index (χ2n) is 16.7. The topological polar surface area (TPSA) is 197 Å². The van der Waals surface area contributed by atoms with E-state index in [2.05, 4.69) is 67.2 Å². The van der Waals surface area contributed by atoms with Crippen LogP contribution in [0.1, 0.15) is 82.1 Å². The predicted molar refractivity (Wildman–Crippen MR) is 217 cm³/mol. The van der Waals surface area contributed by atoms with Gasteiger partial charge in [-0.3, -0.25) is 0 Å². The Balaban J connectivity index is 0.993. The summed E-state index contributed by atoms with van der Waals surface area (Å²) in [6.07, 6.45) is 7.03. The van der Waals surface area contributed by atoms with Crippen molar-refractivity contribution in [3.8, 4) is 17.9 Å². The first-order valence-corrected chi connectivity index (χ1v) is 19.7. The average Bonchev–Trinajstić information content (AvgIpc) is 3.18. The Morgan fingerprint density at radius 3 is 1.82 bits per heavy atom. The Hall–Kier alpha value is -5.57. The first kappa shape index (κ1) is 41.1. The van der Waals surface area contributed by atoms with Gasteiger partial charge in [-0.2, -0.15) is 20.5 Å². The molecule has 0 bridgehead atoms. The van der Waals surface area contributed by atoms with E-state index in [4.69, 9.17) is 4.74 Å². The Morgan fingerprint density at radius 2 is 1.28 bits per heavy atom. The molecule has 2 aromatic carbocycles. The first-order chi connectivity index (χ1) is 27.3. The lowest BCUT2D eigenvalue weighted by Crippen LogP contribution is -2.49. The van der Waals surface area contributed by atoms with E-state index < -0.39 is 11.5 Å². The van der Waals surface area contributed by atoms with Gasteiger partial charge in [-0.05, 0) is 91.2 Å². The van der Waals surface area contributed by atoms with Crippen LogP contribution in [0.2, 0.25) is 0 Å². The molecule has 13 nitrogen and oxygen atoms in total. The van der Waals surface area contributed by atoms with Gasteiger partial charge in [0.15, 0.2) is 0 Å². The zero-order valence-electron chi connectivity index (χ0n) is 33.1.